The highest BCUT2D eigenvalue weighted by Crippen LogP contribution is 2.27. The molecular weight excluding hydrogens is 288 g/mol. The predicted octanol–water partition coefficient (Wildman–Crippen LogP) is 3.82. The Morgan fingerprint density at radius 1 is 1.50 bits per heavy atom. The lowest BCUT2D eigenvalue weighted by molar-refractivity contribution is 0.552. The van der Waals surface area contributed by atoms with Crippen molar-refractivity contribution >= 4 is 39.7 Å². The highest BCUT2D eigenvalue weighted by Gasteiger charge is 2.05. The molecule has 1 heterocycles. The van der Waals surface area contributed by atoms with E-state index in [9.17, 15) is 0 Å². The van der Waals surface area contributed by atoms with Crippen LogP contribution in [0.4, 0.5) is 0 Å². The molecule has 1 N–H and O–H groups in total. The minimum absolute atomic E-state index is 0.256. The molecule has 72 valence electrons. The molecule has 0 aliphatic heterocycles. The monoisotopic (exact) mass is 290 g/mol. The van der Waals surface area contributed by atoms with Gasteiger partial charge >= 0.3 is 0 Å². The Kier molecular flexibility index (Phi) is 2.71. The highest BCUT2D eigenvalue weighted by molar-refractivity contribution is 9.10. The van der Waals surface area contributed by atoms with Gasteiger partial charge in [0.25, 0.3) is 4.84 Å². The van der Waals surface area contributed by atoms with Crippen LogP contribution in [0.5, 0.6) is 0 Å². The molecule has 0 atom stereocenters. The van der Waals surface area contributed by atoms with E-state index < -0.39 is 0 Å². The maximum absolute atomic E-state index is 5.85. The lowest BCUT2D eigenvalue weighted by atomic mass is 10.2. The summed E-state index contributed by atoms with van der Waals surface area (Å²) >= 11 is 13.9. The number of hydrogen-bond acceptors (Lipinski definition) is 3. The van der Waals surface area contributed by atoms with Crippen molar-refractivity contribution in [1.29, 1.82) is 0 Å². The number of aromatic nitrogens is 2. The summed E-state index contributed by atoms with van der Waals surface area (Å²) in [5.41, 5.74) is 0.814. The lowest BCUT2D eigenvalue weighted by Crippen LogP contribution is -1.78. The van der Waals surface area contributed by atoms with Crippen LogP contribution < -0.4 is 0 Å². The second kappa shape index (κ2) is 3.84. The summed E-state index contributed by atoms with van der Waals surface area (Å²) in [4.78, 5) is 0.256. The second-order valence-electron chi connectivity index (χ2n) is 2.55. The zero-order valence-electron chi connectivity index (χ0n) is 6.75. The van der Waals surface area contributed by atoms with Crippen molar-refractivity contribution in [2.75, 3.05) is 0 Å². The van der Waals surface area contributed by atoms with Gasteiger partial charge in [-0.1, -0.05) is 11.6 Å². The molecule has 0 amide bonds. The molecule has 0 aliphatic carbocycles. The van der Waals surface area contributed by atoms with Crippen LogP contribution in [0, 0.1) is 4.84 Å². The topological polar surface area (TPSA) is 41.8 Å². The van der Waals surface area contributed by atoms with Crippen LogP contribution in [-0.2, 0) is 0 Å². The van der Waals surface area contributed by atoms with Gasteiger partial charge in [-0.25, -0.2) is 5.10 Å². The van der Waals surface area contributed by atoms with Crippen LogP contribution in [0.15, 0.2) is 27.1 Å². The Hall–Kier alpha value is -0.650. The van der Waals surface area contributed by atoms with Crippen molar-refractivity contribution < 1.29 is 4.42 Å². The van der Waals surface area contributed by atoms with Gasteiger partial charge in [-0.3, -0.25) is 0 Å². The van der Waals surface area contributed by atoms with Gasteiger partial charge in [0.2, 0.25) is 5.89 Å². The van der Waals surface area contributed by atoms with Crippen molar-refractivity contribution in [3.63, 3.8) is 0 Å². The molecule has 0 saturated heterocycles. The van der Waals surface area contributed by atoms with E-state index in [1.807, 2.05) is 12.1 Å². The van der Waals surface area contributed by atoms with E-state index in [0.717, 1.165) is 10.0 Å². The fraction of sp³-hybridized carbons (Fsp3) is 0. The first kappa shape index (κ1) is 9.89. The first-order chi connectivity index (χ1) is 6.66. The van der Waals surface area contributed by atoms with Gasteiger partial charge in [-0.05, 0) is 46.3 Å². The van der Waals surface area contributed by atoms with Gasteiger partial charge in [-0.15, -0.1) is 5.10 Å². The van der Waals surface area contributed by atoms with Crippen molar-refractivity contribution in [3.8, 4) is 11.5 Å². The number of aromatic amines is 1. The molecule has 14 heavy (non-hydrogen) atoms. The molecule has 0 saturated carbocycles. The standard InChI is InChI=1S/C8H4BrClN2OS/c9-5-3-4(1-2-6(5)10)7-11-12-8(14)13-7/h1-3H,(H,12,14). The minimum atomic E-state index is 0.256. The second-order valence-corrected chi connectivity index (χ2v) is 4.18. The normalized spacial score (nSPS) is 10.4. The largest absolute Gasteiger partial charge is 0.409 e. The summed E-state index contributed by atoms with van der Waals surface area (Å²) in [5, 5.41) is 7.09. The van der Waals surface area contributed by atoms with Crippen LogP contribution in [0.3, 0.4) is 0 Å². The molecule has 1 aromatic carbocycles. The number of rotatable bonds is 1. The highest BCUT2D eigenvalue weighted by atomic mass is 79.9. The Morgan fingerprint density at radius 2 is 2.29 bits per heavy atom. The third-order valence-corrected chi connectivity index (χ3v) is 2.99. The summed E-state index contributed by atoms with van der Waals surface area (Å²) in [7, 11) is 0. The summed E-state index contributed by atoms with van der Waals surface area (Å²) in [5.74, 6) is 0.451. The number of benzene rings is 1. The summed E-state index contributed by atoms with van der Waals surface area (Å²) < 4.78 is 5.94. The van der Waals surface area contributed by atoms with E-state index in [2.05, 4.69) is 26.1 Å². The molecular formula is C8H4BrClN2OS. The average Bonchev–Trinajstić information content (AvgIpc) is 2.57. The zero-order valence-corrected chi connectivity index (χ0v) is 9.91. The Labute approximate surface area is 98.2 Å². The van der Waals surface area contributed by atoms with E-state index in [1.54, 1.807) is 6.07 Å². The average molecular weight is 292 g/mol. The Balaban J connectivity index is 2.52. The number of nitrogens with zero attached hydrogens (tertiary/aromatic N) is 1. The number of nitrogens with one attached hydrogen (secondary N) is 1. The SMILES string of the molecule is S=c1[nH]nc(-c2ccc(Cl)c(Br)c2)o1. The number of H-pyrrole nitrogens is 1. The van der Waals surface area contributed by atoms with Crippen LogP contribution in [0.25, 0.3) is 11.5 Å². The van der Waals surface area contributed by atoms with Crippen molar-refractivity contribution in [3.05, 3.63) is 32.5 Å². The van der Waals surface area contributed by atoms with E-state index >= 15 is 0 Å². The smallest absolute Gasteiger partial charge is 0.284 e. The molecule has 1 aromatic heterocycles. The molecule has 0 bridgehead atoms. The number of hydrogen-bond donors (Lipinski definition) is 1. The maximum Gasteiger partial charge on any atom is 0.284 e. The van der Waals surface area contributed by atoms with E-state index in [0.29, 0.717) is 10.9 Å². The molecule has 0 unspecified atom stereocenters. The van der Waals surface area contributed by atoms with Crippen molar-refractivity contribution in [2.45, 2.75) is 0 Å². The molecule has 0 aliphatic rings. The third kappa shape index (κ3) is 1.89. The molecule has 2 rings (SSSR count). The summed E-state index contributed by atoms with van der Waals surface area (Å²) in [6.45, 7) is 0. The predicted molar refractivity (Wildman–Crippen MR) is 59.8 cm³/mol. The summed E-state index contributed by atoms with van der Waals surface area (Å²) in [6, 6.07) is 5.38. The quantitative estimate of drug-likeness (QED) is 0.812. The fourth-order valence-electron chi connectivity index (χ4n) is 0.982. The summed E-state index contributed by atoms with van der Waals surface area (Å²) in [6.07, 6.45) is 0. The first-order valence-corrected chi connectivity index (χ1v) is 5.25. The van der Waals surface area contributed by atoms with Crippen molar-refractivity contribution in [1.82, 2.24) is 10.2 Å². The first-order valence-electron chi connectivity index (χ1n) is 3.68. The Morgan fingerprint density at radius 3 is 2.86 bits per heavy atom. The van der Waals surface area contributed by atoms with Gasteiger partial charge in [0, 0.05) is 10.0 Å². The van der Waals surface area contributed by atoms with E-state index in [-0.39, 0.29) is 4.84 Å². The lowest BCUT2D eigenvalue weighted by Gasteiger charge is -1.97. The fourth-order valence-corrected chi connectivity index (χ4v) is 1.60. The van der Waals surface area contributed by atoms with Crippen LogP contribution in [0.2, 0.25) is 5.02 Å². The van der Waals surface area contributed by atoms with E-state index in [1.165, 1.54) is 0 Å². The molecule has 3 nitrogen and oxygen atoms in total. The van der Waals surface area contributed by atoms with Crippen LogP contribution in [-0.4, -0.2) is 10.2 Å². The maximum atomic E-state index is 5.85. The zero-order chi connectivity index (χ0) is 10.1. The molecule has 0 spiro atoms. The Bertz CT molecular complexity index is 522. The third-order valence-electron chi connectivity index (χ3n) is 1.60. The van der Waals surface area contributed by atoms with Crippen LogP contribution >= 0.6 is 39.7 Å². The van der Waals surface area contributed by atoms with Gasteiger partial charge in [0.1, 0.15) is 0 Å². The molecule has 2 aromatic rings. The van der Waals surface area contributed by atoms with Gasteiger partial charge in [0.05, 0.1) is 5.02 Å². The van der Waals surface area contributed by atoms with E-state index in [4.69, 9.17) is 28.2 Å². The number of halogens is 2. The molecule has 0 fully saturated rings. The molecule has 0 radical (unpaired) electrons. The van der Waals surface area contributed by atoms with Crippen LogP contribution in [0.1, 0.15) is 0 Å². The minimum Gasteiger partial charge on any atom is -0.409 e. The van der Waals surface area contributed by atoms with Gasteiger partial charge in [-0.2, -0.15) is 0 Å². The molecule has 6 heteroatoms. The van der Waals surface area contributed by atoms with Gasteiger partial charge < -0.3 is 4.42 Å². The van der Waals surface area contributed by atoms with Crippen molar-refractivity contribution in [2.24, 2.45) is 0 Å². The van der Waals surface area contributed by atoms with Gasteiger partial charge in [0.15, 0.2) is 0 Å².